The minimum Gasteiger partial charge on any atom is -0.455 e. The minimum atomic E-state index is -3.69. The van der Waals surface area contributed by atoms with Crippen molar-refractivity contribution in [2.75, 3.05) is 18.4 Å². The van der Waals surface area contributed by atoms with Gasteiger partial charge in [-0.25, -0.2) is 8.42 Å². The number of sulfonamides is 1. The lowest BCUT2D eigenvalue weighted by molar-refractivity contribution is -0.120. The van der Waals surface area contributed by atoms with Crippen LogP contribution in [0, 0.1) is 12.8 Å². The van der Waals surface area contributed by atoms with E-state index in [0.29, 0.717) is 35.6 Å². The lowest BCUT2D eigenvalue weighted by Gasteiger charge is -2.30. The fraction of sp³-hybridized carbons (Fsp3) is 0.259. The molecule has 0 aromatic heterocycles. The van der Waals surface area contributed by atoms with Gasteiger partial charge in [0.15, 0.2) is 11.5 Å². The summed E-state index contributed by atoms with van der Waals surface area (Å²) in [5.41, 5.74) is 2.16. The summed E-state index contributed by atoms with van der Waals surface area (Å²) in [6.07, 6.45) is 0.829. The second kappa shape index (κ2) is 10.4. The molecule has 1 fully saturated rings. The predicted octanol–water partition coefficient (Wildman–Crippen LogP) is 5.03. The fourth-order valence-electron chi connectivity index (χ4n) is 4.00. The summed E-state index contributed by atoms with van der Waals surface area (Å²) in [4.78, 5) is 24.6. The second-order valence-electron chi connectivity index (χ2n) is 8.66. The van der Waals surface area contributed by atoms with Crippen LogP contribution in [0.15, 0.2) is 77.7 Å². The van der Waals surface area contributed by atoms with Crippen molar-refractivity contribution in [3.8, 4) is 11.5 Å². The van der Waals surface area contributed by atoms with Crippen LogP contribution in [0.5, 0.6) is 11.5 Å². The summed E-state index contributed by atoms with van der Waals surface area (Å²) in [5.74, 6) is 0.624. The van der Waals surface area contributed by atoms with Crippen LogP contribution in [0.2, 0.25) is 0 Å². The van der Waals surface area contributed by atoms with Crippen LogP contribution < -0.4 is 10.1 Å². The van der Waals surface area contributed by atoms with E-state index < -0.39 is 10.0 Å². The first-order valence-electron chi connectivity index (χ1n) is 11.5. The molecule has 0 aliphatic carbocycles. The van der Waals surface area contributed by atoms with Gasteiger partial charge in [-0.15, -0.1) is 0 Å². The zero-order chi connectivity index (χ0) is 25.0. The van der Waals surface area contributed by atoms with E-state index in [1.165, 1.54) is 35.5 Å². The molecular weight excluding hydrogens is 464 g/mol. The van der Waals surface area contributed by atoms with Gasteiger partial charge in [-0.3, -0.25) is 9.59 Å². The van der Waals surface area contributed by atoms with Gasteiger partial charge in [0.2, 0.25) is 15.9 Å². The summed E-state index contributed by atoms with van der Waals surface area (Å²) >= 11 is 0. The molecule has 1 aliphatic heterocycles. The monoisotopic (exact) mass is 492 g/mol. The lowest BCUT2D eigenvalue weighted by atomic mass is 9.97. The molecule has 4 rings (SSSR count). The van der Waals surface area contributed by atoms with E-state index in [2.05, 4.69) is 5.32 Å². The number of anilines is 1. The SMILES string of the molecule is CC(=O)c1ccc(S(=O)(=O)N2CCC(C(=O)Nc3ccccc3Oc3ccc(C)cc3)CC2)cc1. The minimum absolute atomic E-state index is 0.119. The summed E-state index contributed by atoms with van der Waals surface area (Å²) < 4.78 is 33.4. The Bertz CT molecular complexity index is 1310. The zero-order valence-corrected chi connectivity index (χ0v) is 20.5. The number of hydrogen-bond donors (Lipinski definition) is 1. The van der Waals surface area contributed by atoms with Crippen molar-refractivity contribution >= 4 is 27.4 Å². The van der Waals surface area contributed by atoms with E-state index in [9.17, 15) is 18.0 Å². The highest BCUT2D eigenvalue weighted by Gasteiger charge is 2.32. The van der Waals surface area contributed by atoms with E-state index in [1.54, 1.807) is 12.1 Å². The number of benzene rings is 3. The summed E-state index contributed by atoms with van der Waals surface area (Å²) in [6.45, 7) is 3.93. The maximum Gasteiger partial charge on any atom is 0.243 e. The zero-order valence-electron chi connectivity index (χ0n) is 19.7. The summed E-state index contributed by atoms with van der Waals surface area (Å²) in [6, 6.07) is 20.8. The average Bonchev–Trinajstić information content (AvgIpc) is 2.86. The van der Waals surface area contributed by atoms with Gasteiger partial charge in [0.25, 0.3) is 0 Å². The number of carbonyl (C=O) groups excluding carboxylic acids is 2. The first-order chi connectivity index (χ1) is 16.7. The topological polar surface area (TPSA) is 92.8 Å². The highest BCUT2D eigenvalue weighted by atomic mass is 32.2. The molecule has 0 unspecified atom stereocenters. The van der Waals surface area contributed by atoms with Gasteiger partial charge in [-0.2, -0.15) is 4.31 Å². The van der Waals surface area contributed by atoms with Crippen molar-refractivity contribution in [3.05, 3.63) is 83.9 Å². The van der Waals surface area contributed by atoms with Gasteiger partial charge in [0, 0.05) is 24.6 Å². The highest BCUT2D eigenvalue weighted by Crippen LogP contribution is 2.31. The van der Waals surface area contributed by atoms with Crippen molar-refractivity contribution in [1.29, 1.82) is 0 Å². The highest BCUT2D eigenvalue weighted by molar-refractivity contribution is 7.89. The molecule has 7 nitrogen and oxygen atoms in total. The largest absolute Gasteiger partial charge is 0.455 e. The molecule has 1 aliphatic rings. The molecule has 0 radical (unpaired) electrons. The standard InChI is InChI=1S/C27H28N2O5S/c1-19-7-11-23(12-8-19)34-26-6-4-3-5-25(26)28-27(31)22-15-17-29(18-16-22)35(32,33)24-13-9-21(10-14-24)20(2)30/h3-14,22H,15-18H2,1-2H3,(H,28,31). The van der Waals surface area contributed by atoms with Crippen LogP contribution in [0.3, 0.4) is 0 Å². The average molecular weight is 493 g/mol. The van der Waals surface area contributed by atoms with Gasteiger partial charge in [0.05, 0.1) is 10.6 Å². The predicted molar refractivity (Wildman–Crippen MR) is 134 cm³/mol. The lowest BCUT2D eigenvalue weighted by Crippen LogP contribution is -2.41. The number of rotatable bonds is 7. The van der Waals surface area contributed by atoms with E-state index in [1.807, 2.05) is 43.3 Å². The van der Waals surface area contributed by atoms with Gasteiger partial charge in [-0.05, 0) is 63.1 Å². The maximum absolute atomic E-state index is 13.0. The number of hydrogen-bond acceptors (Lipinski definition) is 5. The van der Waals surface area contributed by atoms with E-state index in [-0.39, 0.29) is 35.6 Å². The molecule has 3 aromatic rings. The number of ether oxygens (including phenoxy) is 1. The van der Waals surface area contributed by atoms with E-state index >= 15 is 0 Å². The van der Waals surface area contributed by atoms with Crippen molar-refractivity contribution in [2.45, 2.75) is 31.6 Å². The molecule has 1 saturated heterocycles. The number of Topliss-reactive ketones (excluding diaryl/α,β-unsaturated/α-hetero) is 1. The number of amides is 1. The Hall–Kier alpha value is -3.49. The number of nitrogens with one attached hydrogen (secondary N) is 1. The molecule has 0 bridgehead atoms. The number of nitrogens with zero attached hydrogens (tertiary/aromatic N) is 1. The first-order valence-corrected chi connectivity index (χ1v) is 12.9. The molecule has 0 spiro atoms. The molecule has 35 heavy (non-hydrogen) atoms. The van der Waals surface area contributed by atoms with Crippen molar-refractivity contribution in [3.63, 3.8) is 0 Å². The number of piperidine rings is 1. The second-order valence-corrected chi connectivity index (χ2v) is 10.6. The Kier molecular flexibility index (Phi) is 7.33. The third kappa shape index (κ3) is 5.78. The Morgan fingerprint density at radius 1 is 0.914 bits per heavy atom. The number of aryl methyl sites for hydroxylation is 1. The molecule has 1 heterocycles. The quantitative estimate of drug-likeness (QED) is 0.467. The smallest absolute Gasteiger partial charge is 0.243 e. The molecular formula is C27H28N2O5S. The van der Waals surface area contributed by atoms with E-state index in [0.717, 1.165) is 5.56 Å². The van der Waals surface area contributed by atoms with Crippen molar-refractivity contribution < 1.29 is 22.7 Å². The molecule has 0 saturated carbocycles. The normalized spacial score (nSPS) is 14.9. The van der Waals surface area contributed by atoms with Crippen molar-refractivity contribution in [1.82, 2.24) is 4.31 Å². The Labute approximate surface area is 205 Å². The molecule has 0 atom stereocenters. The summed E-state index contributed by atoms with van der Waals surface area (Å²) in [7, 11) is -3.69. The third-order valence-corrected chi connectivity index (χ3v) is 8.03. The Morgan fingerprint density at radius 3 is 2.17 bits per heavy atom. The number of para-hydroxylation sites is 2. The van der Waals surface area contributed by atoms with Gasteiger partial charge < -0.3 is 10.1 Å². The summed E-state index contributed by atoms with van der Waals surface area (Å²) in [5, 5.41) is 2.95. The maximum atomic E-state index is 13.0. The van der Waals surface area contributed by atoms with Crippen LogP contribution in [0.1, 0.15) is 35.7 Å². The molecule has 1 amide bonds. The van der Waals surface area contributed by atoms with Crippen molar-refractivity contribution in [2.24, 2.45) is 5.92 Å². The Morgan fingerprint density at radius 2 is 1.54 bits per heavy atom. The third-order valence-electron chi connectivity index (χ3n) is 6.12. The number of ketones is 1. The van der Waals surface area contributed by atoms with Crippen LogP contribution in [-0.2, 0) is 14.8 Å². The van der Waals surface area contributed by atoms with Gasteiger partial charge >= 0.3 is 0 Å². The van der Waals surface area contributed by atoms with Crippen LogP contribution in [0.25, 0.3) is 0 Å². The molecule has 8 heteroatoms. The van der Waals surface area contributed by atoms with Crippen LogP contribution in [0.4, 0.5) is 5.69 Å². The van der Waals surface area contributed by atoms with E-state index in [4.69, 9.17) is 4.74 Å². The fourth-order valence-corrected chi connectivity index (χ4v) is 5.47. The Balaban J connectivity index is 1.38. The van der Waals surface area contributed by atoms with Gasteiger partial charge in [-0.1, -0.05) is 42.0 Å². The number of carbonyl (C=O) groups is 2. The molecule has 182 valence electrons. The van der Waals surface area contributed by atoms with Gasteiger partial charge in [0.1, 0.15) is 5.75 Å². The van der Waals surface area contributed by atoms with Crippen LogP contribution >= 0.6 is 0 Å². The molecule has 1 N–H and O–H groups in total. The molecule has 3 aromatic carbocycles. The first kappa shape index (κ1) is 24.6. The van der Waals surface area contributed by atoms with Crippen LogP contribution in [-0.4, -0.2) is 37.5 Å².